The third-order valence-electron chi connectivity index (χ3n) is 2.88. The lowest BCUT2D eigenvalue weighted by Gasteiger charge is -2.21. The Hall–Kier alpha value is -0.910. The molecule has 2 N–H and O–H groups in total. The van der Waals surface area contributed by atoms with E-state index in [0.29, 0.717) is 12.5 Å². The summed E-state index contributed by atoms with van der Waals surface area (Å²) in [6, 6.07) is -0.185. The molecule has 1 saturated heterocycles. The van der Waals surface area contributed by atoms with Gasteiger partial charge in [0.15, 0.2) is 0 Å². The van der Waals surface area contributed by atoms with E-state index < -0.39 is 11.9 Å². The highest BCUT2D eigenvalue weighted by Crippen LogP contribution is 2.22. The van der Waals surface area contributed by atoms with Gasteiger partial charge >= 0.3 is 12.0 Å². The zero-order valence-corrected chi connectivity index (χ0v) is 11.1. The first kappa shape index (κ1) is 14.2. The number of carbonyl (C=O) groups is 2. The van der Waals surface area contributed by atoms with Crippen molar-refractivity contribution in [2.75, 3.05) is 31.6 Å². The number of carbonyl (C=O) groups excluding carboxylic acids is 1. The van der Waals surface area contributed by atoms with Gasteiger partial charge in [0.05, 0.1) is 5.92 Å². The Morgan fingerprint density at radius 3 is 2.82 bits per heavy atom. The first-order valence-electron chi connectivity index (χ1n) is 5.80. The van der Waals surface area contributed by atoms with Crippen LogP contribution in [0.4, 0.5) is 4.79 Å². The summed E-state index contributed by atoms with van der Waals surface area (Å²) in [4.78, 5) is 23.8. The van der Waals surface area contributed by atoms with Crippen LogP contribution in [0.25, 0.3) is 0 Å². The van der Waals surface area contributed by atoms with Crippen molar-refractivity contribution in [1.29, 1.82) is 0 Å². The van der Waals surface area contributed by atoms with Gasteiger partial charge < -0.3 is 15.3 Å². The zero-order chi connectivity index (χ0) is 12.8. The van der Waals surface area contributed by atoms with Crippen LogP contribution in [0.15, 0.2) is 0 Å². The van der Waals surface area contributed by atoms with Crippen molar-refractivity contribution in [2.24, 2.45) is 11.8 Å². The van der Waals surface area contributed by atoms with E-state index in [9.17, 15) is 9.59 Å². The van der Waals surface area contributed by atoms with Gasteiger partial charge in [0.1, 0.15) is 0 Å². The lowest BCUT2D eigenvalue weighted by molar-refractivity contribution is -0.141. The maximum absolute atomic E-state index is 11.7. The minimum atomic E-state index is -0.878. The number of carboxylic acid groups (broad SMARTS) is 1. The second-order valence-corrected chi connectivity index (χ2v) is 5.69. The number of rotatable bonds is 5. The Bertz CT molecular complexity index is 280. The second kappa shape index (κ2) is 6.74. The molecule has 5 nitrogen and oxygen atoms in total. The molecular formula is C11H20N2O3S. The Morgan fingerprint density at radius 1 is 1.59 bits per heavy atom. The van der Waals surface area contributed by atoms with E-state index >= 15 is 0 Å². The molecule has 6 heteroatoms. The Kier molecular flexibility index (Phi) is 5.61. The van der Waals surface area contributed by atoms with E-state index in [0.717, 1.165) is 12.2 Å². The molecular weight excluding hydrogens is 240 g/mol. The predicted molar refractivity (Wildman–Crippen MR) is 68.3 cm³/mol. The molecule has 98 valence electrons. The molecule has 0 aromatic heterocycles. The highest BCUT2D eigenvalue weighted by Gasteiger charge is 2.19. The number of nitrogens with one attached hydrogen (secondary N) is 1. The lowest BCUT2D eigenvalue weighted by Crippen LogP contribution is -2.42. The number of thioether (sulfide) groups is 1. The fraction of sp³-hybridized carbons (Fsp3) is 0.818. The van der Waals surface area contributed by atoms with Crippen LogP contribution in [-0.2, 0) is 4.79 Å². The molecule has 2 unspecified atom stereocenters. The number of hydrogen-bond acceptors (Lipinski definition) is 3. The average molecular weight is 260 g/mol. The number of urea groups is 1. The van der Waals surface area contributed by atoms with Gasteiger partial charge in [-0.05, 0) is 23.8 Å². The third-order valence-corrected chi connectivity index (χ3v) is 4.11. The van der Waals surface area contributed by atoms with Crippen LogP contribution in [0.5, 0.6) is 0 Å². The molecule has 0 spiro atoms. The molecule has 17 heavy (non-hydrogen) atoms. The molecule has 0 saturated carbocycles. The molecule has 1 aliphatic heterocycles. The Morgan fingerprint density at radius 2 is 2.29 bits per heavy atom. The summed E-state index contributed by atoms with van der Waals surface area (Å²) in [5.41, 5.74) is 0. The van der Waals surface area contributed by atoms with Gasteiger partial charge in [-0.3, -0.25) is 4.79 Å². The molecule has 0 aromatic rings. The molecule has 0 bridgehead atoms. The van der Waals surface area contributed by atoms with Crippen molar-refractivity contribution in [2.45, 2.75) is 13.3 Å². The molecule has 1 rings (SSSR count). The van der Waals surface area contributed by atoms with Crippen molar-refractivity contribution in [3.8, 4) is 0 Å². The molecule has 1 heterocycles. The summed E-state index contributed by atoms with van der Waals surface area (Å²) < 4.78 is 0. The van der Waals surface area contributed by atoms with Gasteiger partial charge in [-0.25, -0.2) is 4.79 Å². The largest absolute Gasteiger partial charge is 0.481 e. The van der Waals surface area contributed by atoms with Crippen LogP contribution in [0.2, 0.25) is 0 Å². The highest BCUT2D eigenvalue weighted by atomic mass is 32.2. The summed E-state index contributed by atoms with van der Waals surface area (Å²) in [6.07, 6.45) is 1.15. The van der Waals surface area contributed by atoms with Crippen LogP contribution >= 0.6 is 11.8 Å². The van der Waals surface area contributed by atoms with Gasteiger partial charge in [-0.15, -0.1) is 0 Å². The first-order valence-corrected chi connectivity index (χ1v) is 6.95. The van der Waals surface area contributed by atoms with E-state index in [1.807, 2.05) is 11.8 Å². The van der Waals surface area contributed by atoms with Gasteiger partial charge in [0, 0.05) is 20.1 Å². The fourth-order valence-electron chi connectivity index (χ4n) is 1.68. The SMILES string of the molecule is CC(CN(C)C(=O)NCC1CCSC1)C(=O)O. The quantitative estimate of drug-likeness (QED) is 0.776. The van der Waals surface area contributed by atoms with Crippen LogP contribution in [0, 0.1) is 11.8 Å². The van der Waals surface area contributed by atoms with Crippen LogP contribution < -0.4 is 5.32 Å². The number of aliphatic carboxylic acids is 1. The van der Waals surface area contributed by atoms with Crippen molar-refractivity contribution >= 4 is 23.8 Å². The standard InChI is InChI=1S/C11H20N2O3S/c1-8(10(14)15)6-13(2)11(16)12-5-9-3-4-17-7-9/h8-9H,3-7H2,1-2H3,(H,12,16)(H,14,15). The maximum atomic E-state index is 11.7. The fourth-order valence-corrected chi connectivity index (χ4v) is 2.97. The summed E-state index contributed by atoms with van der Waals surface area (Å²) in [5, 5.41) is 11.6. The van der Waals surface area contributed by atoms with E-state index in [-0.39, 0.29) is 12.6 Å². The monoisotopic (exact) mass is 260 g/mol. The summed E-state index contributed by atoms with van der Waals surface area (Å²) in [7, 11) is 1.62. The summed E-state index contributed by atoms with van der Waals surface area (Å²) in [6.45, 7) is 2.53. The summed E-state index contributed by atoms with van der Waals surface area (Å²) >= 11 is 1.91. The third kappa shape index (κ3) is 4.85. The van der Waals surface area contributed by atoms with E-state index in [1.165, 1.54) is 10.7 Å². The molecule has 0 aromatic carbocycles. The number of hydrogen-bond donors (Lipinski definition) is 2. The first-order chi connectivity index (χ1) is 8.00. The number of carboxylic acids is 1. The minimum absolute atomic E-state index is 0.185. The average Bonchev–Trinajstić information content (AvgIpc) is 2.78. The van der Waals surface area contributed by atoms with Crippen LogP contribution in [0.1, 0.15) is 13.3 Å². The van der Waals surface area contributed by atoms with E-state index in [2.05, 4.69) is 5.32 Å². The molecule has 2 amide bonds. The molecule has 0 aliphatic carbocycles. The molecule has 1 fully saturated rings. The Balaban J connectivity index is 2.23. The van der Waals surface area contributed by atoms with Crippen LogP contribution in [-0.4, -0.2) is 53.6 Å². The summed E-state index contributed by atoms with van der Waals surface area (Å²) in [5.74, 6) is 1.43. The van der Waals surface area contributed by atoms with E-state index in [4.69, 9.17) is 5.11 Å². The van der Waals surface area contributed by atoms with Crippen molar-refractivity contribution < 1.29 is 14.7 Å². The zero-order valence-electron chi connectivity index (χ0n) is 10.3. The molecule has 2 atom stereocenters. The van der Waals surface area contributed by atoms with Gasteiger partial charge in [-0.1, -0.05) is 6.92 Å². The van der Waals surface area contributed by atoms with Crippen LogP contribution in [0.3, 0.4) is 0 Å². The topological polar surface area (TPSA) is 69.6 Å². The number of nitrogens with zero attached hydrogens (tertiary/aromatic N) is 1. The molecule has 0 radical (unpaired) electrons. The highest BCUT2D eigenvalue weighted by molar-refractivity contribution is 7.99. The van der Waals surface area contributed by atoms with Crippen molar-refractivity contribution in [1.82, 2.24) is 10.2 Å². The normalized spacial score (nSPS) is 20.9. The van der Waals surface area contributed by atoms with E-state index in [1.54, 1.807) is 14.0 Å². The lowest BCUT2D eigenvalue weighted by atomic mass is 10.1. The van der Waals surface area contributed by atoms with Crippen molar-refractivity contribution in [3.05, 3.63) is 0 Å². The van der Waals surface area contributed by atoms with Crippen molar-refractivity contribution in [3.63, 3.8) is 0 Å². The molecule has 1 aliphatic rings. The Labute approximate surface area is 106 Å². The predicted octanol–water partition coefficient (Wildman–Crippen LogP) is 1.10. The number of amides is 2. The maximum Gasteiger partial charge on any atom is 0.317 e. The van der Waals surface area contributed by atoms with Gasteiger partial charge in [0.2, 0.25) is 0 Å². The van der Waals surface area contributed by atoms with Gasteiger partial charge in [-0.2, -0.15) is 11.8 Å². The van der Waals surface area contributed by atoms with Gasteiger partial charge in [0.25, 0.3) is 0 Å². The smallest absolute Gasteiger partial charge is 0.317 e. The second-order valence-electron chi connectivity index (χ2n) is 4.54. The minimum Gasteiger partial charge on any atom is -0.481 e.